The van der Waals surface area contributed by atoms with Gasteiger partial charge in [-0.25, -0.2) is 0 Å². The molecule has 1 aliphatic heterocycles. The lowest BCUT2D eigenvalue weighted by molar-refractivity contribution is -0.119. The fourth-order valence-electron chi connectivity index (χ4n) is 2.97. The number of ether oxygens (including phenoxy) is 2. The molecule has 2 aromatic rings. The number of para-hydroxylation sites is 1. The SMILES string of the molecule is COc1ccc(C(=O)N2c3ccccc3CC2C(N)=O)cc1OC. The largest absolute Gasteiger partial charge is 0.493 e. The number of benzene rings is 2. The number of hydrogen-bond donors (Lipinski definition) is 1. The zero-order chi connectivity index (χ0) is 17.3. The van der Waals surface area contributed by atoms with Crippen molar-refractivity contribution in [2.24, 2.45) is 5.73 Å². The van der Waals surface area contributed by atoms with E-state index in [1.54, 1.807) is 18.2 Å². The number of nitrogens with zero attached hydrogens (tertiary/aromatic N) is 1. The molecule has 0 aliphatic carbocycles. The first kappa shape index (κ1) is 15.9. The Hall–Kier alpha value is -3.02. The van der Waals surface area contributed by atoms with Crippen molar-refractivity contribution >= 4 is 17.5 Å². The van der Waals surface area contributed by atoms with Gasteiger partial charge in [0.15, 0.2) is 11.5 Å². The summed E-state index contributed by atoms with van der Waals surface area (Å²) in [7, 11) is 3.03. The van der Waals surface area contributed by atoms with Crippen molar-refractivity contribution in [1.82, 2.24) is 0 Å². The number of carbonyl (C=O) groups excluding carboxylic acids is 2. The van der Waals surface area contributed by atoms with Crippen LogP contribution in [0.15, 0.2) is 42.5 Å². The van der Waals surface area contributed by atoms with Crippen LogP contribution < -0.4 is 20.1 Å². The van der Waals surface area contributed by atoms with E-state index in [1.807, 2.05) is 24.3 Å². The Morgan fingerprint density at radius 1 is 1.08 bits per heavy atom. The molecule has 0 bridgehead atoms. The summed E-state index contributed by atoms with van der Waals surface area (Å²) in [6, 6.07) is 11.6. The van der Waals surface area contributed by atoms with Crippen LogP contribution in [0, 0.1) is 0 Å². The second kappa shape index (κ2) is 6.23. The summed E-state index contributed by atoms with van der Waals surface area (Å²) in [4.78, 5) is 26.3. The quantitative estimate of drug-likeness (QED) is 0.928. The molecule has 3 rings (SSSR count). The van der Waals surface area contributed by atoms with Crippen LogP contribution in [-0.4, -0.2) is 32.1 Å². The second-order valence-corrected chi connectivity index (χ2v) is 5.50. The molecular formula is C18H18N2O4. The summed E-state index contributed by atoms with van der Waals surface area (Å²) in [6.07, 6.45) is 0.421. The minimum absolute atomic E-state index is 0.301. The Morgan fingerprint density at radius 3 is 2.46 bits per heavy atom. The molecule has 0 radical (unpaired) electrons. The number of anilines is 1. The maximum absolute atomic E-state index is 13.0. The third-order valence-electron chi connectivity index (χ3n) is 4.15. The van der Waals surface area contributed by atoms with Gasteiger partial charge in [-0.2, -0.15) is 0 Å². The molecule has 0 spiro atoms. The molecule has 1 unspecified atom stereocenters. The number of hydrogen-bond acceptors (Lipinski definition) is 4. The van der Waals surface area contributed by atoms with Crippen LogP contribution in [0.25, 0.3) is 0 Å². The van der Waals surface area contributed by atoms with Gasteiger partial charge in [0.05, 0.1) is 14.2 Å². The third kappa shape index (κ3) is 2.56. The van der Waals surface area contributed by atoms with E-state index in [4.69, 9.17) is 15.2 Å². The summed E-state index contributed by atoms with van der Waals surface area (Å²) in [5.74, 6) is 0.151. The standard InChI is InChI=1S/C18H18N2O4/c1-23-15-8-7-12(10-16(15)24-2)18(22)20-13-6-4-3-5-11(13)9-14(20)17(19)21/h3-8,10,14H,9H2,1-2H3,(H2,19,21). The average molecular weight is 326 g/mol. The molecule has 24 heavy (non-hydrogen) atoms. The smallest absolute Gasteiger partial charge is 0.259 e. The molecule has 0 fully saturated rings. The molecule has 2 amide bonds. The van der Waals surface area contributed by atoms with Gasteiger partial charge in [-0.3, -0.25) is 14.5 Å². The van der Waals surface area contributed by atoms with E-state index in [2.05, 4.69) is 0 Å². The minimum atomic E-state index is -0.692. The fraction of sp³-hybridized carbons (Fsp3) is 0.222. The van der Waals surface area contributed by atoms with Gasteiger partial charge >= 0.3 is 0 Å². The van der Waals surface area contributed by atoms with Crippen molar-refractivity contribution in [2.75, 3.05) is 19.1 Å². The number of amides is 2. The van der Waals surface area contributed by atoms with Crippen LogP contribution in [0.1, 0.15) is 15.9 Å². The van der Waals surface area contributed by atoms with Gasteiger partial charge in [0.1, 0.15) is 6.04 Å². The predicted molar refractivity (Wildman–Crippen MR) is 89.5 cm³/mol. The minimum Gasteiger partial charge on any atom is -0.493 e. The number of methoxy groups -OCH3 is 2. The van der Waals surface area contributed by atoms with Gasteiger partial charge in [-0.05, 0) is 29.8 Å². The first-order valence-corrected chi connectivity index (χ1v) is 7.49. The van der Waals surface area contributed by atoms with E-state index in [-0.39, 0.29) is 5.91 Å². The van der Waals surface area contributed by atoms with Crippen molar-refractivity contribution in [3.63, 3.8) is 0 Å². The lowest BCUT2D eigenvalue weighted by Crippen LogP contribution is -2.46. The lowest BCUT2D eigenvalue weighted by atomic mass is 10.1. The zero-order valence-corrected chi connectivity index (χ0v) is 13.5. The van der Waals surface area contributed by atoms with Crippen LogP contribution in [0.4, 0.5) is 5.69 Å². The lowest BCUT2D eigenvalue weighted by Gasteiger charge is -2.23. The molecule has 6 heteroatoms. The van der Waals surface area contributed by atoms with Gasteiger partial charge in [0.25, 0.3) is 5.91 Å². The van der Waals surface area contributed by atoms with E-state index in [9.17, 15) is 9.59 Å². The van der Waals surface area contributed by atoms with Gasteiger partial charge in [-0.1, -0.05) is 18.2 Å². The average Bonchev–Trinajstić information content (AvgIpc) is 3.00. The molecule has 2 N–H and O–H groups in total. The Balaban J connectivity index is 2.03. The van der Waals surface area contributed by atoms with Gasteiger partial charge in [0.2, 0.25) is 5.91 Å². The van der Waals surface area contributed by atoms with Crippen LogP contribution in [0.3, 0.4) is 0 Å². The highest BCUT2D eigenvalue weighted by Crippen LogP contribution is 2.35. The molecule has 124 valence electrons. The summed E-state index contributed by atoms with van der Waals surface area (Å²) >= 11 is 0. The molecule has 0 saturated carbocycles. The topological polar surface area (TPSA) is 81.9 Å². The molecule has 1 aliphatic rings. The second-order valence-electron chi connectivity index (χ2n) is 5.50. The number of nitrogens with two attached hydrogens (primary N) is 1. The van der Waals surface area contributed by atoms with Crippen molar-refractivity contribution in [2.45, 2.75) is 12.5 Å². The van der Waals surface area contributed by atoms with E-state index in [0.717, 1.165) is 5.56 Å². The Bertz CT molecular complexity index is 803. The molecule has 2 aromatic carbocycles. The molecule has 0 aromatic heterocycles. The maximum atomic E-state index is 13.0. The van der Waals surface area contributed by atoms with E-state index in [1.165, 1.54) is 19.1 Å². The van der Waals surface area contributed by atoms with Gasteiger partial charge < -0.3 is 15.2 Å². The van der Waals surface area contributed by atoms with Crippen molar-refractivity contribution in [3.8, 4) is 11.5 Å². The first-order valence-electron chi connectivity index (χ1n) is 7.49. The Labute approximate surface area is 139 Å². The van der Waals surface area contributed by atoms with Gasteiger partial charge in [0, 0.05) is 17.7 Å². The molecule has 6 nitrogen and oxygen atoms in total. The van der Waals surface area contributed by atoms with E-state index in [0.29, 0.717) is 29.2 Å². The summed E-state index contributed by atoms with van der Waals surface area (Å²) < 4.78 is 10.4. The number of rotatable bonds is 4. The summed E-state index contributed by atoms with van der Waals surface area (Å²) in [5.41, 5.74) is 7.54. The summed E-state index contributed by atoms with van der Waals surface area (Å²) in [6.45, 7) is 0. The monoisotopic (exact) mass is 326 g/mol. The fourth-order valence-corrected chi connectivity index (χ4v) is 2.97. The van der Waals surface area contributed by atoms with Crippen LogP contribution in [0.5, 0.6) is 11.5 Å². The molecule has 1 heterocycles. The highest BCUT2D eigenvalue weighted by molar-refractivity contribution is 6.11. The molecule has 0 saturated heterocycles. The van der Waals surface area contributed by atoms with Crippen LogP contribution >= 0.6 is 0 Å². The van der Waals surface area contributed by atoms with Crippen molar-refractivity contribution in [3.05, 3.63) is 53.6 Å². The Morgan fingerprint density at radius 2 is 1.79 bits per heavy atom. The number of carbonyl (C=O) groups is 2. The Kier molecular flexibility index (Phi) is 4.12. The van der Waals surface area contributed by atoms with Crippen LogP contribution in [-0.2, 0) is 11.2 Å². The third-order valence-corrected chi connectivity index (χ3v) is 4.15. The zero-order valence-electron chi connectivity index (χ0n) is 13.5. The normalized spacial score (nSPS) is 15.8. The highest BCUT2D eigenvalue weighted by atomic mass is 16.5. The molecular weight excluding hydrogens is 308 g/mol. The van der Waals surface area contributed by atoms with Crippen molar-refractivity contribution < 1.29 is 19.1 Å². The summed E-state index contributed by atoms with van der Waals surface area (Å²) in [5, 5.41) is 0. The first-order chi connectivity index (χ1) is 11.6. The number of primary amides is 1. The van der Waals surface area contributed by atoms with Gasteiger partial charge in [-0.15, -0.1) is 0 Å². The number of fused-ring (bicyclic) bond motifs is 1. The highest BCUT2D eigenvalue weighted by Gasteiger charge is 2.37. The maximum Gasteiger partial charge on any atom is 0.259 e. The van der Waals surface area contributed by atoms with Crippen LogP contribution in [0.2, 0.25) is 0 Å². The molecule has 1 atom stereocenters. The van der Waals surface area contributed by atoms with E-state index < -0.39 is 11.9 Å². The van der Waals surface area contributed by atoms with E-state index >= 15 is 0 Å². The predicted octanol–water partition coefficient (Wildman–Crippen LogP) is 1.76. The van der Waals surface area contributed by atoms with Crippen molar-refractivity contribution in [1.29, 1.82) is 0 Å².